The third-order valence-corrected chi connectivity index (χ3v) is 6.84. The van der Waals surface area contributed by atoms with Crippen molar-refractivity contribution in [2.24, 2.45) is 0 Å². The Morgan fingerprint density at radius 1 is 1.12 bits per heavy atom. The van der Waals surface area contributed by atoms with Crippen molar-refractivity contribution in [3.8, 4) is 23.0 Å². The summed E-state index contributed by atoms with van der Waals surface area (Å²) in [5.74, 6) is 2.02. The molecule has 170 valence electrons. The molecule has 5 rings (SSSR count). The summed E-state index contributed by atoms with van der Waals surface area (Å²) in [6.45, 7) is 0.530. The number of anilines is 1. The van der Waals surface area contributed by atoms with Crippen molar-refractivity contribution >= 4 is 33.5 Å². The van der Waals surface area contributed by atoms with Crippen LogP contribution in [0, 0.1) is 0 Å². The van der Waals surface area contributed by atoms with Crippen molar-refractivity contribution in [3.63, 3.8) is 0 Å². The second-order valence-electron chi connectivity index (χ2n) is 7.19. The first-order chi connectivity index (χ1) is 15.8. The summed E-state index contributed by atoms with van der Waals surface area (Å²) in [5.41, 5.74) is 6.32. The van der Waals surface area contributed by atoms with Crippen molar-refractivity contribution in [2.45, 2.75) is 29.2 Å². The molecule has 2 aromatic carbocycles. The minimum atomic E-state index is -4.38. The lowest BCUT2D eigenvalue weighted by molar-refractivity contribution is -0.137. The Labute approximate surface area is 198 Å². The van der Waals surface area contributed by atoms with E-state index in [1.807, 2.05) is 12.1 Å². The van der Waals surface area contributed by atoms with Crippen LogP contribution in [0.1, 0.15) is 11.1 Å². The highest BCUT2D eigenvalue weighted by Gasteiger charge is 2.30. The molecule has 3 aliphatic rings. The molecule has 0 aliphatic carbocycles. The predicted molar refractivity (Wildman–Crippen MR) is 118 cm³/mol. The van der Waals surface area contributed by atoms with Gasteiger partial charge in [0.2, 0.25) is 6.79 Å². The van der Waals surface area contributed by atoms with Gasteiger partial charge in [-0.1, -0.05) is 18.2 Å². The van der Waals surface area contributed by atoms with E-state index in [2.05, 4.69) is 30.9 Å². The Morgan fingerprint density at radius 2 is 1.91 bits per heavy atom. The molecule has 0 unspecified atom stereocenters. The van der Waals surface area contributed by atoms with Gasteiger partial charge >= 0.3 is 6.18 Å². The molecule has 0 bridgehead atoms. The predicted octanol–water partition coefficient (Wildman–Crippen LogP) is 5.26. The second-order valence-corrected chi connectivity index (χ2v) is 9.05. The maximum Gasteiger partial charge on any atom is 0.416 e. The van der Waals surface area contributed by atoms with Gasteiger partial charge in [0.15, 0.2) is 34.0 Å². The molecular weight excluding hydrogens is 523 g/mol. The standard InChI is InChI=1S/C21H15BrF3N5O2S/c22-13-7-14-15(32-10-31-14)8-16(13)33-20-28-17-18(26)27-9-30(19(17)29-20)5-4-11-2-1-3-12(6-11)21(23,24)25/h1-3,6-9H,4-5,10,26H2. The smallest absolute Gasteiger partial charge is 0.416 e. The van der Waals surface area contributed by atoms with E-state index in [-0.39, 0.29) is 12.6 Å². The van der Waals surface area contributed by atoms with Gasteiger partial charge in [0.1, 0.15) is 0 Å². The summed E-state index contributed by atoms with van der Waals surface area (Å²) in [6.07, 6.45) is -2.51. The molecule has 2 aromatic rings. The van der Waals surface area contributed by atoms with Crippen LogP contribution in [0.4, 0.5) is 19.0 Å². The number of fused-ring (bicyclic) bond motifs is 2. The van der Waals surface area contributed by atoms with Crippen molar-refractivity contribution in [1.29, 1.82) is 0 Å². The number of nitrogens with zero attached hydrogens (tertiary/aromatic N) is 4. The largest absolute Gasteiger partial charge is 0.454 e. The van der Waals surface area contributed by atoms with Crippen LogP contribution in [0.25, 0.3) is 11.5 Å². The summed E-state index contributed by atoms with van der Waals surface area (Å²) >= 11 is 4.83. The van der Waals surface area contributed by atoms with Gasteiger partial charge in [-0.15, -0.1) is 0 Å². The Hall–Kier alpha value is -2.99. The van der Waals surface area contributed by atoms with Crippen molar-refractivity contribution in [2.75, 3.05) is 12.5 Å². The fourth-order valence-electron chi connectivity index (χ4n) is 3.37. The minimum absolute atomic E-state index is 0.167. The van der Waals surface area contributed by atoms with Gasteiger partial charge in [-0.25, -0.2) is 15.0 Å². The number of halogens is 4. The van der Waals surface area contributed by atoms with Crippen LogP contribution >= 0.6 is 27.7 Å². The van der Waals surface area contributed by atoms with E-state index in [1.165, 1.54) is 24.2 Å². The molecule has 0 saturated heterocycles. The van der Waals surface area contributed by atoms with E-state index in [4.69, 9.17) is 15.2 Å². The summed E-state index contributed by atoms with van der Waals surface area (Å²) in [4.78, 5) is 14.1. The monoisotopic (exact) mass is 537 g/mol. The molecule has 7 nitrogen and oxygen atoms in total. The zero-order chi connectivity index (χ0) is 23.2. The zero-order valence-corrected chi connectivity index (χ0v) is 19.2. The average Bonchev–Trinajstić information content (AvgIpc) is 3.40. The van der Waals surface area contributed by atoms with Crippen molar-refractivity contribution < 1.29 is 22.6 Å². The molecule has 0 radical (unpaired) electrons. The molecule has 3 heterocycles. The SMILES string of the molecule is Nc1ncn(CCc2cccc(C(F)(F)F)c2)c2nc(Sc3cc4c(cc3Br)OCO4)nc1-2. The summed E-state index contributed by atoms with van der Waals surface area (Å²) in [7, 11) is 0. The normalized spacial score (nSPS) is 13.1. The van der Waals surface area contributed by atoms with E-state index >= 15 is 0 Å². The molecule has 33 heavy (non-hydrogen) atoms. The number of ether oxygens (including phenoxy) is 2. The molecule has 0 saturated carbocycles. The van der Waals surface area contributed by atoms with E-state index in [1.54, 1.807) is 10.6 Å². The van der Waals surface area contributed by atoms with Crippen LogP contribution in [-0.2, 0) is 19.1 Å². The van der Waals surface area contributed by atoms with Gasteiger partial charge in [0, 0.05) is 15.9 Å². The molecule has 12 heteroatoms. The van der Waals surface area contributed by atoms with Crippen LogP contribution < -0.4 is 15.2 Å². The average molecular weight is 538 g/mol. The van der Waals surface area contributed by atoms with Gasteiger partial charge in [0.05, 0.1) is 11.9 Å². The first-order valence-corrected chi connectivity index (χ1v) is 11.3. The van der Waals surface area contributed by atoms with Gasteiger partial charge in [0.25, 0.3) is 0 Å². The number of benzene rings is 2. The molecule has 0 amide bonds. The van der Waals surface area contributed by atoms with Gasteiger partial charge < -0.3 is 19.8 Å². The molecule has 2 N–H and O–H groups in total. The fourth-order valence-corrected chi connectivity index (χ4v) is 4.72. The molecule has 0 aromatic heterocycles. The quantitative estimate of drug-likeness (QED) is 0.371. The van der Waals surface area contributed by atoms with E-state index in [0.29, 0.717) is 46.7 Å². The first-order valence-electron chi connectivity index (χ1n) is 9.69. The lowest BCUT2D eigenvalue weighted by Gasteiger charge is -2.12. The molecule has 0 atom stereocenters. The van der Waals surface area contributed by atoms with E-state index in [0.717, 1.165) is 21.5 Å². The maximum atomic E-state index is 13.0. The van der Waals surface area contributed by atoms with Crippen molar-refractivity contribution in [3.05, 3.63) is 58.3 Å². The highest BCUT2D eigenvalue weighted by molar-refractivity contribution is 9.10. The lowest BCUT2D eigenvalue weighted by Crippen LogP contribution is -2.10. The van der Waals surface area contributed by atoms with E-state index < -0.39 is 11.7 Å². The number of nitrogen functional groups attached to an aromatic ring is 1. The number of alkyl halides is 3. The Balaban J connectivity index is 1.40. The van der Waals surface area contributed by atoms with Crippen LogP contribution in [0.2, 0.25) is 0 Å². The third-order valence-electron chi connectivity index (χ3n) is 5.00. The summed E-state index contributed by atoms with van der Waals surface area (Å²) in [6, 6.07) is 8.92. The number of aromatic nitrogens is 4. The van der Waals surface area contributed by atoms with Crippen LogP contribution in [0.5, 0.6) is 11.5 Å². The van der Waals surface area contributed by atoms with Crippen LogP contribution in [0.3, 0.4) is 0 Å². The zero-order valence-electron chi connectivity index (χ0n) is 16.8. The fraction of sp³-hybridized carbons (Fsp3) is 0.190. The highest BCUT2D eigenvalue weighted by Crippen LogP contribution is 2.43. The minimum Gasteiger partial charge on any atom is -0.454 e. The Kier molecular flexibility index (Phi) is 5.57. The van der Waals surface area contributed by atoms with Crippen LogP contribution in [-0.4, -0.2) is 26.3 Å². The molecule has 0 spiro atoms. The summed E-state index contributed by atoms with van der Waals surface area (Å²) in [5, 5.41) is 0.456. The Morgan fingerprint density at radius 3 is 2.70 bits per heavy atom. The summed E-state index contributed by atoms with van der Waals surface area (Å²) < 4.78 is 52.3. The second kappa shape index (κ2) is 8.41. The maximum absolute atomic E-state index is 13.0. The van der Waals surface area contributed by atoms with Gasteiger partial charge in [-0.05, 0) is 57.9 Å². The number of hydrogen-bond donors (Lipinski definition) is 1. The van der Waals surface area contributed by atoms with Crippen molar-refractivity contribution in [1.82, 2.24) is 19.5 Å². The third kappa shape index (κ3) is 4.44. The van der Waals surface area contributed by atoms with E-state index in [9.17, 15) is 13.2 Å². The van der Waals surface area contributed by atoms with Gasteiger partial charge in [-0.2, -0.15) is 13.2 Å². The molecule has 3 aliphatic heterocycles. The number of aryl methyl sites for hydroxylation is 2. The number of nitrogens with two attached hydrogens (primary N) is 1. The first kappa shape index (κ1) is 21.8. The van der Waals surface area contributed by atoms with Crippen LogP contribution in [0.15, 0.2) is 57.3 Å². The number of hydrogen-bond acceptors (Lipinski definition) is 7. The molecular formula is C21H15BrF3N5O2S. The number of rotatable bonds is 5. The topological polar surface area (TPSA) is 88.1 Å². The Bertz CT molecular complexity index is 1310. The molecule has 0 fully saturated rings. The highest BCUT2D eigenvalue weighted by atomic mass is 79.9. The lowest BCUT2D eigenvalue weighted by atomic mass is 10.1. The van der Waals surface area contributed by atoms with Gasteiger partial charge in [-0.3, -0.25) is 0 Å². The number of imidazole rings is 1.